The molecule has 3 rings (SSSR count). The van der Waals surface area contributed by atoms with Gasteiger partial charge in [0.15, 0.2) is 5.78 Å². The molecule has 0 N–H and O–H groups in total. The number of para-hydroxylation sites is 1. The molecule has 0 bridgehead atoms. The number of benzene rings is 2. The third kappa shape index (κ3) is 2.61. The van der Waals surface area contributed by atoms with Gasteiger partial charge in [-0.05, 0) is 36.2 Å². The smallest absolute Gasteiger partial charge is 0.185 e. The summed E-state index contributed by atoms with van der Waals surface area (Å²) in [5, 5.41) is 0. The van der Waals surface area contributed by atoms with Crippen molar-refractivity contribution in [2.45, 2.75) is 6.42 Å². The Labute approximate surface area is 123 Å². The summed E-state index contributed by atoms with van der Waals surface area (Å²) in [5.41, 5.74) is 2.62. The third-order valence-corrected chi connectivity index (χ3v) is 3.78. The second-order valence-corrected chi connectivity index (χ2v) is 5.07. The van der Waals surface area contributed by atoms with Crippen LogP contribution in [-0.2, 0) is 6.42 Å². The minimum atomic E-state index is -0.430. The van der Waals surface area contributed by atoms with Gasteiger partial charge in [0.25, 0.3) is 0 Å². The minimum absolute atomic E-state index is 0.136. The summed E-state index contributed by atoms with van der Waals surface area (Å²) in [6.07, 6.45) is 0.934. The number of ether oxygens (including phenoxy) is 1. The number of hydrogen-bond acceptors (Lipinski definition) is 3. The van der Waals surface area contributed by atoms with Crippen molar-refractivity contribution in [3.8, 4) is 5.75 Å². The van der Waals surface area contributed by atoms with Crippen molar-refractivity contribution < 1.29 is 13.9 Å². The average molecular weight is 285 g/mol. The lowest BCUT2D eigenvalue weighted by molar-refractivity contribution is 0.0996. The second kappa shape index (κ2) is 5.56. The molecule has 0 amide bonds. The molecule has 1 aliphatic rings. The monoisotopic (exact) mass is 285 g/mol. The molecule has 0 unspecified atom stereocenters. The van der Waals surface area contributed by atoms with Crippen LogP contribution in [0.1, 0.15) is 15.9 Å². The molecule has 0 saturated heterocycles. The topological polar surface area (TPSA) is 29.5 Å². The molecule has 0 aromatic heterocycles. The normalized spacial score (nSPS) is 13.1. The van der Waals surface area contributed by atoms with Gasteiger partial charge in [-0.3, -0.25) is 4.79 Å². The highest BCUT2D eigenvalue weighted by atomic mass is 19.1. The van der Waals surface area contributed by atoms with Gasteiger partial charge in [-0.2, -0.15) is 0 Å². The summed E-state index contributed by atoms with van der Waals surface area (Å²) in [6, 6.07) is 12.1. The summed E-state index contributed by atoms with van der Waals surface area (Å²) in [5.74, 6) is -0.155. The molecule has 3 nitrogen and oxygen atoms in total. The molecule has 1 aliphatic heterocycles. The quantitative estimate of drug-likeness (QED) is 0.809. The van der Waals surface area contributed by atoms with Crippen molar-refractivity contribution in [2.24, 2.45) is 0 Å². The number of ketones is 1. The number of carbonyl (C=O) groups is 1. The maximum Gasteiger partial charge on any atom is 0.185 e. The van der Waals surface area contributed by atoms with Crippen molar-refractivity contribution >= 4 is 11.5 Å². The number of carbonyl (C=O) groups excluding carboxylic acids is 1. The summed E-state index contributed by atoms with van der Waals surface area (Å²) >= 11 is 0. The lowest BCUT2D eigenvalue weighted by Crippen LogP contribution is -2.28. The van der Waals surface area contributed by atoms with Crippen LogP contribution in [0, 0.1) is 5.82 Å². The van der Waals surface area contributed by atoms with Gasteiger partial charge in [-0.1, -0.05) is 18.2 Å². The van der Waals surface area contributed by atoms with E-state index in [1.54, 1.807) is 0 Å². The SMILES string of the molecule is COc1ccc(F)cc1C(=O)CN1CCc2ccccc21. The number of fused-ring (bicyclic) bond motifs is 1. The molecule has 108 valence electrons. The summed E-state index contributed by atoms with van der Waals surface area (Å²) in [7, 11) is 1.48. The van der Waals surface area contributed by atoms with Crippen LogP contribution in [-0.4, -0.2) is 26.0 Å². The maximum atomic E-state index is 13.4. The fourth-order valence-corrected chi connectivity index (χ4v) is 2.73. The molecule has 0 aliphatic carbocycles. The van der Waals surface area contributed by atoms with E-state index in [9.17, 15) is 9.18 Å². The van der Waals surface area contributed by atoms with Crippen LogP contribution in [0.3, 0.4) is 0 Å². The number of anilines is 1. The molecule has 0 radical (unpaired) electrons. The Hall–Kier alpha value is -2.36. The van der Waals surface area contributed by atoms with Crippen molar-refractivity contribution in [1.82, 2.24) is 0 Å². The molecule has 0 saturated carbocycles. The van der Waals surface area contributed by atoms with E-state index in [-0.39, 0.29) is 12.3 Å². The predicted molar refractivity (Wildman–Crippen MR) is 79.6 cm³/mol. The molecule has 4 heteroatoms. The number of rotatable bonds is 4. The molecule has 0 spiro atoms. The Balaban J connectivity index is 1.83. The Morgan fingerprint density at radius 2 is 2.10 bits per heavy atom. The molecular weight excluding hydrogens is 269 g/mol. The highest BCUT2D eigenvalue weighted by Crippen LogP contribution is 2.28. The molecule has 21 heavy (non-hydrogen) atoms. The summed E-state index contributed by atoms with van der Waals surface area (Å²) < 4.78 is 18.5. The highest BCUT2D eigenvalue weighted by Gasteiger charge is 2.22. The number of Topliss-reactive ketones (excluding diaryl/α,β-unsaturated/α-hetero) is 1. The first-order valence-electron chi connectivity index (χ1n) is 6.88. The zero-order valence-corrected chi connectivity index (χ0v) is 11.8. The Bertz CT molecular complexity index is 684. The van der Waals surface area contributed by atoms with Gasteiger partial charge in [0, 0.05) is 12.2 Å². The Morgan fingerprint density at radius 3 is 2.90 bits per heavy atom. The zero-order chi connectivity index (χ0) is 14.8. The van der Waals surface area contributed by atoms with Gasteiger partial charge < -0.3 is 9.64 Å². The second-order valence-electron chi connectivity index (χ2n) is 5.07. The molecule has 0 fully saturated rings. The number of nitrogens with zero attached hydrogens (tertiary/aromatic N) is 1. The minimum Gasteiger partial charge on any atom is -0.496 e. The van der Waals surface area contributed by atoms with E-state index in [2.05, 4.69) is 6.07 Å². The molecule has 1 heterocycles. The average Bonchev–Trinajstić information content (AvgIpc) is 2.90. The molecular formula is C17H16FNO2. The number of halogens is 1. The van der Waals surface area contributed by atoms with Crippen molar-refractivity contribution in [1.29, 1.82) is 0 Å². The largest absolute Gasteiger partial charge is 0.496 e. The van der Waals surface area contributed by atoms with Gasteiger partial charge in [-0.15, -0.1) is 0 Å². The van der Waals surface area contributed by atoms with Crippen LogP contribution in [0.2, 0.25) is 0 Å². The van der Waals surface area contributed by atoms with Gasteiger partial charge in [0.1, 0.15) is 11.6 Å². The van der Waals surface area contributed by atoms with E-state index < -0.39 is 5.82 Å². The van der Waals surface area contributed by atoms with Crippen molar-refractivity contribution in [3.63, 3.8) is 0 Å². The van der Waals surface area contributed by atoms with E-state index in [0.717, 1.165) is 18.7 Å². The first-order valence-corrected chi connectivity index (χ1v) is 6.88. The maximum absolute atomic E-state index is 13.4. The number of methoxy groups -OCH3 is 1. The van der Waals surface area contributed by atoms with E-state index in [0.29, 0.717) is 11.3 Å². The highest BCUT2D eigenvalue weighted by molar-refractivity contribution is 6.01. The van der Waals surface area contributed by atoms with Crippen LogP contribution in [0.15, 0.2) is 42.5 Å². The molecule has 2 aromatic carbocycles. The Kier molecular flexibility index (Phi) is 3.60. The fourth-order valence-electron chi connectivity index (χ4n) is 2.73. The zero-order valence-electron chi connectivity index (χ0n) is 11.8. The van der Waals surface area contributed by atoms with Crippen molar-refractivity contribution in [3.05, 3.63) is 59.4 Å². The van der Waals surface area contributed by atoms with Gasteiger partial charge in [0.05, 0.1) is 19.2 Å². The Morgan fingerprint density at radius 1 is 1.29 bits per heavy atom. The third-order valence-electron chi connectivity index (χ3n) is 3.78. The summed E-state index contributed by atoms with van der Waals surface area (Å²) in [4.78, 5) is 14.5. The van der Waals surface area contributed by atoms with E-state index in [4.69, 9.17) is 4.74 Å². The van der Waals surface area contributed by atoms with Crippen LogP contribution < -0.4 is 9.64 Å². The lowest BCUT2D eigenvalue weighted by Gasteiger charge is -2.19. The van der Waals surface area contributed by atoms with Crippen LogP contribution in [0.5, 0.6) is 5.75 Å². The van der Waals surface area contributed by atoms with Crippen LogP contribution in [0.25, 0.3) is 0 Å². The van der Waals surface area contributed by atoms with E-state index >= 15 is 0 Å². The van der Waals surface area contributed by atoms with Crippen LogP contribution in [0.4, 0.5) is 10.1 Å². The van der Waals surface area contributed by atoms with E-state index in [1.807, 2.05) is 23.1 Å². The first-order chi connectivity index (χ1) is 10.2. The number of hydrogen-bond donors (Lipinski definition) is 0. The van der Waals surface area contributed by atoms with Crippen molar-refractivity contribution in [2.75, 3.05) is 25.1 Å². The molecule has 0 atom stereocenters. The summed E-state index contributed by atoms with van der Waals surface area (Å²) in [6.45, 7) is 1.04. The van der Waals surface area contributed by atoms with Gasteiger partial charge in [0.2, 0.25) is 0 Å². The standard InChI is InChI=1S/C17H16FNO2/c1-21-17-7-6-13(18)10-14(17)16(20)11-19-9-8-12-4-2-3-5-15(12)19/h2-7,10H,8-9,11H2,1H3. The first kappa shape index (κ1) is 13.6. The van der Waals surface area contributed by atoms with Gasteiger partial charge >= 0.3 is 0 Å². The van der Waals surface area contributed by atoms with Gasteiger partial charge in [-0.25, -0.2) is 4.39 Å². The predicted octanol–water partition coefficient (Wildman–Crippen LogP) is 3.08. The lowest BCUT2D eigenvalue weighted by atomic mass is 10.1. The fraction of sp³-hybridized carbons (Fsp3) is 0.235. The molecule has 2 aromatic rings. The van der Waals surface area contributed by atoms with E-state index in [1.165, 1.54) is 30.9 Å². The van der Waals surface area contributed by atoms with Crippen LogP contribution >= 0.6 is 0 Å².